The fraction of sp³-hybridized carbons (Fsp3) is 0.286. The molecule has 1 aliphatic carbocycles. The molecule has 6 nitrogen and oxygen atoms in total. The van der Waals surface area contributed by atoms with Crippen molar-refractivity contribution in [1.82, 2.24) is 0 Å². The van der Waals surface area contributed by atoms with Crippen LogP contribution in [0.5, 0.6) is 0 Å². The standard InChI is InChI=1S/C21H20ClNO5/c1-13-3-4-14(19(25)27-2)11-17(13)23-18(24)12-28-20(26)21(9-10-21)15-5-7-16(22)8-6-15/h3-8,11H,9-10,12H2,1-2H3,(H,23,24). The maximum Gasteiger partial charge on any atom is 0.337 e. The highest BCUT2D eigenvalue weighted by atomic mass is 35.5. The van der Waals surface area contributed by atoms with E-state index in [-0.39, 0.29) is 0 Å². The van der Waals surface area contributed by atoms with Crippen LogP contribution in [0.25, 0.3) is 0 Å². The lowest BCUT2D eigenvalue weighted by Crippen LogP contribution is -2.28. The first-order chi connectivity index (χ1) is 13.4. The van der Waals surface area contributed by atoms with Crippen LogP contribution >= 0.6 is 11.6 Å². The van der Waals surface area contributed by atoms with Crippen LogP contribution in [0, 0.1) is 6.92 Å². The van der Waals surface area contributed by atoms with Gasteiger partial charge in [0.15, 0.2) is 6.61 Å². The number of rotatable bonds is 6. The van der Waals surface area contributed by atoms with Crippen LogP contribution < -0.4 is 5.32 Å². The largest absolute Gasteiger partial charge is 0.465 e. The predicted molar refractivity (Wildman–Crippen MR) is 104 cm³/mol. The number of nitrogens with one attached hydrogen (secondary N) is 1. The molecule has 2 aromatic carbocycles. The monoisotopic (exact) mass is 401 g/mol. The smallest absolute Gasteiger partial charge is 0.337 e. The zero-order chi connectivity index (χ0) is 20.3. The van der Waals surface area contributed by atoms with Gasteiger partial charge >= 0.3 is 11.9 Å². The van der Waals surface area contributed by atoms with E-state index in [0.717, 1.165) is 11.1 Å². The Labute approximate surface area is 167 Å². The van der Waals surface area contributed by atoms with Crippen LogP contribution in [0.2, 0.25) is 5.02 Å². The van der Waals surface area contributed by atoms with E-state index in [1.165, 1.54) is 13.2 Å². The Kier molecular flexibility index (Phi) is 5.70. The SMILES string of the molecule is COC(=O)c1ccc(C)c(NC(=O)COC(=O)C2(c3ccc(Cl)cc3)CC2)c1. The zero-order valence-corrected chi connectivity index (χ0v) is 16.3. The molecule has 0 unspecified atom stereocenters. The summed E-state index contributed by atoms with van der Waals surface area (Å²) in [6.45, 7) is 1.39. The molecule has 0 heterocycles. The highest BCUT2D eigenvalue weighted by Crippen LogP contribution is 2.49. The molecule has 1 saturated carbocycles. The third kappa shape index (κ3) is 4.17. The lowest BCUT2D eigenvalue weighted by Gasteiger charge is -2.15. The van der Waals surface area contributed by atoms with Crippen molar-refractivity contribution in [2.24, 2.45) is 0 Å². The fourth-order valence-corrected chi connectivity index (χ4v) is 3.09. The molecule has 0 aliphatic heterocycles. The van der Waals surface area contributed by atoms with Gasteiger partial charge in [0, 0.05) is 10.7 Å². The fourth-order valence-electron chi connectivity index (χ4n) is 2.96. The number of methoxy groups -OCH3 is 1. The molecular formula is C21H20ClNO5. The van der Waals surface area contributed by atoms with E-state index < -0.39 is 29.9 Å². The highest BCUT2D eigenvalue weighted by molar-refractivity contribution is 6.30. The topological polar surface area (TPSA) is 81.7 Å². The normalized spacial score (nSPS) is 14.1. The van der Waals surface area contributed by atoms with Crippen molar-refractivity contribution < 1.29 is 23.9 Å². The minimum Gasteiger partial charge on any atom is -0.465 e. The first-order valence-electron chi connectivity index (χ1n) is 8.78. The van der Waals surface area contributed by atoms with Crippen molar-refractivity contribution in [2.75, 3.05) is 19.0 Å². The lowest BCUT2D eigenvalue weighted by atomic mass is 9.96. The summed E-state index contributed by atoms with van der Waals surface area (Å²) in [6.07, 6.45) is 1.35. The van der Waals surface area contributed by atoms with Gasteiger partial charge < -0.3 is 14.8 Å². The maximum absolute atomic E-state index is 12.5. The third-order valence-electron chi connectivity index (χ3n) is 4.80. The van der Waals surface area contributed by atoms with Gasteiger partial charge in [0.05, 0.1) is 18.1 Å². The van der Waals surface area contributed by atoms with E-state index in [0.29, 0.717) is 29.1 Å². The van der Waals surface area contributed by atoms with Crippen LogP contribution in [0.15, 0.2) is 42.5 Å². The molecule has 1 aliphatic rings. The van der Waals surface area contributed by atoms with E-state index >= 15 is 0 Å². The van der Waals surface area contributed by atoms with Crippen LogP contribution in [-0.2, 0) is 24.5 Å². The Balaban J connectivity index is 1.61. The van der Waals surface area contributed by atoms with Gasteiger partial charge in [-0.3, -0.25) is 9.59 Å². The molecule has 3 rings (SSSR count). The van der Waals surface area contributed by atoms with Gasteiger partial charge in [-0.25, -0.2) is 4.79 Å². The van der Waals surface area contributed by atoms with Gasteiger partial charge in [-0.2, -0.15) is 0 Å². The Hall–Kier alpha value is -2.86. The molecule has 146 valence electrons. The molecule has 0 saturated heterocycles. The molecule has 7 heteroatoms. The number of hydrogen-bond acceptors (Lipinski definition) is 5. The van der Waals surface area contributed by atoms with Gasteiger partial charge in [0.25, 0.3) is 5.91 Å². The molecule has 2 aromatic rings. The number of amides is 1. The summed E-state index contributed by atoms with van der Waals surface area (Å²) in [6, 6.07) is 11.9. The first kappa shape index (κ1) is 19.9. The van der Waals surface area contributed by atoms with Gasteiger partial charge in [0.1, 0.15) is 0 Å². The average molecular weight is 402 g/mol. The van der Waals surface area contributed by atoms with E-state index in [1.54, 1.807) is 43.3 Å². The number of hydrogen-bond donors (Lipinski definition) is 1. The Morgan fingerprint density at radius 1 is 1.11 bits per heavy atom. The summed E-state index contributed by atoms with van der Waals surface area (Å²) >= 11 is 5.90. The van der Waals surface area contributed by atoms with Gasteiger partial charge in [-0.15, -0.1) is 0 Å². The Morgan fingerprint density at radius 3 is 2.39 bits per heavy atom. The second kappa shape index (κ2) is 8.02. The van der Waals surface area contributed by atoms with Crippen molar-refractivity contribution in [2.45, 2.75) is 25.2 Å². The molecule has 1 N–H and O–H groups in total. The summed E-state index contributed by atoms with van der Waals surface area (Å²) < 4.78 is 9.93. The number of esters is 2. The van der Waals surface area contributed by atoms with Gasteiger partial charge in [-0.05, 0) is 55.2 Å². The molecule has 0 spiro atoms. The van der Waals surface area contributed by atoms with Crippen molar-refractivity contribution in [3.05, 3.63) is 64.2 Å². The zero-order valence-electron chi connectivity index (χ0n) is 15.6. The number of anilines is 1. The minimum absolute atomic E-state index is 0.320. The van der Waals surface area contributed by atoms with Crippen molar-refractivity contribution in [1.29, 1.82) is 0 Å². The quantitative estimate of drug-likeness (QED) is 0.747. The van der Waals surface area contributed by atoms with Crippen LogP contribution in [0.3, 0.4) is 0 Å². The lowest BCUT2D eigenvalue weighted by molar-refractivity contribution is -0.150. The molecular weight excluding hydrogens is 382 g/mol. The molecule has 0 aromatic heterocycles. The summed E-state index contributed by atoms with van der Waals surface area (Å²) in [5.74, 6) is -1.41. The van der Waals surface area contributed by atoms with Crippen LogP contribution in [0.4, 0.5) is 5.69 Å². The molecule has 1 amide bonds. The van der Waals surface area contributed by atoms with E-state index in [9.17, 15) is 14.4 Å². The number of aryl methyl sites for hydroxylation is 1. The van der Waals surface area contributed by atoms with Gasteiger partial charge in [-0.1, -0.05) is 29.8 Å². The maximum atomic E-state index is 12.5. The third-order valence-corrected chi connectivity index (χ3v) is 5.06. The van der Waals surface area contributed by atoms with Gasteiger partial charge in [0.2, 0.25) is 0 Å². The number of carbonyl (C=O) groups excluding carboxylic acids is 3. The molecule has 0 atom stereocenters. The predicted octanol–water partition coefficient (Wildman–Crippen LogP) is 3.65. The summed E-state index contributed by atoms with van der Waals surface area (Å²) in [5, 5.41) is 3.26. The van der Waals surface area contributed by atoms with Crippen LogP contribution in [0.1, 0.15) is 34.3 Å². The number of benzene rings is 2. The minimum atomic E-state index is -0.689. The summed E-state index contributed by atoms with van der Waals surface area (Å²) in [5.41, 5.74) is 1.70. The van der Waals surface area contributed by atoms with E-state index in [2.05, 4.69) is 10.1 Å². The van der Waals surface area contributed by atoms with E-state index in [1.807, 2.05) is 0 Å². The molecule has 1 fully saturated rings. The average Bonchev–Trinajstić information content (AvgIpc) is 3.49. The number of ether oxygens (including phenoxy) is 2. The summed E-state index contributed by atoms with van der Waals surface area (Å²) in [7, 11) is 1.29. The van der Waals surface area contributed by atoms with Crippen molar-refractivity contribution >= 4 is 35.1 Å². The highest BCUT2D eigenvalue weighted by Gasteiger charge is 2.52. The number of halogens is 1. The Bertz CT molecular complexity index is 919. The second-order valence-electron chi connectivity index (χ2n) is 6.73. The second-order valence-corrected chi connectivity index (χ2v) is 7.17. The van der Waals surface area contributed by atoms with E-state index in [4.69, 9.17) is 16.3 Å². The van der Waals surface area contributed by atoms with Crippen molar-refractivity contribution in [3.63, 3.8) is 0 Å². The first-order valence-corrected chi connectivity index (χ1v) is 9.15. The van der Waals surface area contributed by atoms with Crippen LogP contribution in [-0.4, -0.2) is 31.6 Å². The molecule has 0 radical (unpaired) electrons. The Morgan fingerprint density at radius 2 is 1.79 bits per heavy atom. The van der Waals surface area contributed by atoms with Crippen molar-refractivity contribution in [3.8, 4) is 0 Å². The molecule has 28 heavy (non-hydrogen) atoms. The molecule has 0 bridgehead atoms. The number of carbonyl (C=O) groups is 3. The summed E-state index contributed by atoms with van der Waals surface area (Å²) in [4.78, 5) is 36.4.